The molecule has 0 aliphatic carbocycles. The Morgan fingerprint density at radius 3 is 2.95 bits per heavy atom. The van der Waals surface area contributed by atoms with Gasteiger partial charge in [0, 0.05) is 5.38 Å². The van der Waals surface area contributed by atoms with Crippen LogP contribution in [0.4, 0.5) is 11.4 Å². The van der Waals surface area contributed by atoms with Crippen molar-refractivity contribution < 1.29 is 9.53 Å². The van der Waals surface area contributed by atoms with E-state index in [1.165, 1.54) is 7.11 Å². The molecule has 1 aromatic carbocycles. The predicted molar refractivity (Wildman–Crippen MR) is 76.4 cm³/mol. The summed E-state index contributed by atoms with van der Waals surface area (Å²) in [6.07, 6.45) is 0. The van der Waals surface area contributed by atoms with Gasteiger partial charge in [-0.2, -0.15) is 0 Å². The van der Waals surface area contributed by atoms with Crippen LogP contribution in [0, 0.1) is 6.92 Å². The summed E-state index contributed by atoms with van der Waals surface area (Å²) in [5.41, 5.74) is 8.35. The van der Waals surface area contributed by atoms with Gasteiger partial charge in [0.1, 0.15) is 0 Å². The molecule has 100 valence electrons. The fourth-order valence-electron chi connectivity index (χ4n) is 1.68. The van der Waals surface area contributed by atoms with Gasteiger partial charge in [0.2, 0.25) is 0 Å². The van der Waals surface area contributed by atoms with Crippen LogP contribution in [0.2, 0.25) is 0 Å². The van der Waals surface area contributed by atoms with Crippen molar-refractivity contribution >= 4 is 28.7 Å². The van der Waals surface area contributed by atoms with Crippen LogP contribution in [-0.4, -0.2) is 18.1 Å². The van der Waals surface area contributed by atoms with Gasteiger partial charge in [-0.25, -0.2) is 9.78 Å². The number of esters is 1. The van der Waals surface area contributed by atoms with Gasteiger partial charge in [-0.15, -0.1) is 11.3 Å². The van der Waals surface area contributed by atoms with Gasteiger partial charge >= 0.3 is 5.97 Å². The second kappa shape index (κ2) is 5.71. The lowest BCUT2D eigenvalue weighted by Gasteiger charge is -2.11. The number of ether oxygens (including phenoxy) is 1. The van der Waals surface area contributed by atoms with Crippen molar-refractivity contribution in [3.8, 4) is 0 Å². The molecule has 2 rings (SSSR count). The van der Waals surface area contributed by atoms with E-state index in [-0.39, 0.29) is 0 Å². The van der Waals surface area contributed by atoms with Crippen molar-refractivity contribution in [2.24, 2.45) is 0 Å². The number of carbonyl (C=O) groups is 1. The van der Waals surface area contributed by atoms with E-state index < -0.39 is 5.97 Å². The highest BCUT2D eigenvalue weighted by molar-refractivity contribution is 7.09. The van der Waals surface area contributed by atoms with Gasteiger partial charge in [-0.1, -0.05) is 6.07 Å². The Balaban J connectivity index is 2.14. The molecule has 0 saturated heterocycles. The molecule has 0 unspecified atom stereocenters. The van der Waals surface area contributed by atoms with E-state index in [9.17, 15) is 4.79 Å². The van der Waals surface area contributed by atoms with Gasteiger partial charge < -0.3 is 15.8 Å². The maximum absolute atomic E-state index is 11.5. The lowest BCUT2D eigenvalue weighted by atomic mass is 10.1. The van der Waals surface area contributed by atoms with Crippen LogP contribution in [0.15, 0.2) is 23.6 Å². The summed E-state index contributed by atoms with van der Waals surface area (Å²) in [6, 6.07) is 5.22. The van der Waals surface area contributed by atoms with Crippen LogP contribution in [0.3, 0.4) is 0 Å². The first kappa shape index (κ1) is 13.4. The molecule has 3 N–H and O–H groups in total. The topological polar surface area (TPSA) is 77.2 Å². The van der Waals surface area contributed by atoms with Gasteiger partial charge in [-0.05, 0) is 19.1 Å². The maximum atomic E-state index is 11.5. The molecule has 19 heavy (non-hydrogen) atoms. The van der Waals surface area contributed by atoms with Crippen LogP contribution in [0.25, 0.3) is 0 Å². The summed E-state index contributed by atoms with van der Waals surface area (Å²) in [5.74, 6) is -0.439. The first-order valence-corrected chi connectivity index (χ1v) is 6.61. The third kappa shape index (κ3) is 3.03. The number of thiazole rings is 1. The summed E-state index contributed by atoms with van der Waals surface area (Å²) in [6.45, 7) is 2.53. The summed E-state index contributed by atoms with van der Waals surface area (Å²) in [5, 5.41) is 6.18. The lowest BCUT2D eigenvalue weighted by Crippen LogP contribution is -2.09. The zero-order valence-corrected chi connectivity index (χ0v) is 11.6. The number of nitrogen functional groups attached to an aromatic ring is 1. The first-order valence-electron chi connectivity index (χ1n) is 5.73. The van der Waals surface area contributed by atoms with E-state index in [1.54, 1.807) is 23.5 Å². The molecule has 0 fully saturated rings. The summed E-state index contributed by atoms with van der Waals surface area (Å²) >= 11 is 1.60. The molecular formula is C13H15N3O2S. The third-order valence-electron chi connectivity index (χ3n) is 2.64. The van der Waals surface area contributed by atoms with Crippen LogP contribution in [-0.2, 0) is 11.3 Å². The molecule has 0 saturated carbocycles. The second-order valence-corrected chi connectivity index (χ2v) is 5.03. The number of methoxy groups -OCH3 is 1. The number of benzene rings is 1. The molecule has 2 aromatic rings. The third-order valence-corrected chi connectivity index (χ3v) is 3.46. The Labute approximate surface area is 115 Å². The Morgan fingerprint density at radius 2 is 2.32 bits per heavy atom. The van der Waals surface area contributed by atoms with E-state index in [0.717, 1.165) is 10.7 Å². The van der Waals surface area contributed by atoms with E-state index in [4.69, 9.17) is 5.73 Å². The highest BCUT2D eigenvalue weighted by Gasteiger charge is 2.12. The normalized spacial score (nSPS) is 10.2. The SMILES string of the molecule is COC(=O)c1cccc(NCc2csc(C)n2)c1N. The van der Waals surface area contributed by atoms with Gasteiger partial charge in [0.05, 0.1) is 41.3 Å². The first-order chi connectivity index (χ1) is 9.11. The maximum Gasteiger partial charge on any atom is 0.340 e. The monoisotopic (exact) mass is 277 g/mol. The summed E-state index contributed by atoms with van der Waals surface area (Å²) in [4.78, 5) is 15.9. The Hall–Kier alpha value is -2.08. The Bertz CT molecular complexity index is 595. The Kier molecular flexibility index (Phi) is 4.01. The minimum absolute atomic E-state index is 0.363. The minimum atomic E-state index is -0.439. The van der Waals surface area contributed by atoms with Crippen LogP contribution in [0.1, 0.15) is 21.1 Å². The number of hydrogen-bond acceptors (Lipinski definition) is 6. The van der Waals surface area contributed by atoms with Gasteiger partial charge in [-0.3, -0.25) is 0 Å². The molecule has 0 aliphatic rings. The molecule has 0 bridgehead atoms. The van der Waals surface area contributed by atoms with E-state index in [1.807, 2.05) is 18.4 Å². The zero-order chi connectivity index (χ0) is 13.8. The zero-order valence-electron chi connectivity index (χ0n) is 10.8. The average Bonchev–Trinajstić information content (AvgIpc) is 2.82. The number of nitrogens with two attached hydrogens (primary N) is 1. The largest absolute Gasteiger partial charge is 0.465 e. The standard InChI is InChI=1S/C13H15N3O2S/c1-8-16-9(7-19-8)6-15-11-5-3-4-10(12(11)14)13(17)18-2/h3-5,7,15H,6,14H2,1-2H3. The average molecular weight is 277 g/mol. The molecule has 1 heterocycles. The number of aryl methyl sites for hydroxylation is 1. The molecule has 0 spiro atoms. The number of aromatic nitrogens is 1. The molecule has 0 atom stereocenters. The highest BCUT2D eigenvalue weighted by atomic mass is 32.1. The van der Waals surface area contributed by atoms with Crippen LogP contribution < -0.4 is 11.1 Å². The number of rotatable bonds is 4. The molecule has 5 nitrogen and oxygen atoms in total. The second-order valence-electron chi connectivity index (χ2n) is 3.97. The number of carbonyl (C=O) groups excluding carboxylic acids is 1. The number of para-hydroxylation sites is 1. The molecule has 1 aromatic heterocycles. The van der Waals surface area contributed by atoms with Gasteiger partial charge in [0.15, 0.2) is 0 Å². The van der Waals surface area contributed by atoms with Crippen molar-refractivity contribution in [2.45, 2.75) is 13.5 Å². The fraction of sp³-hybridized carbons (Fsp3) is 0.231. The van der Waals surface area contributed by atoms with Crippen molar-refractivity contribution in [1.82, 2.24) is 4.98 Å². The number of nitrogens with zero attached hydrogens (tertiary/aromatic N) is 1. The van der Waals surface area contributed by atoms with Crippen molar-refractivity contribution in [2.75, 3.05) is 18.2 Å². The smallest absolute Gasteiger partial charge is 0.340 e. The highest BCUT2D eigenvalue weighted by Crippen LogP contribution is 2.24. The Morgan fingerprint density at radius 1 is 1.53 bits per heavy atom. The molecular weight excluding hydrogens is 262 g/mol. The quantitative estimate of drug-likeness (QED) is 0.663. The summed E-state index contributed by atoms with van der Waals surface area (Å²) in [7, 11) is 1.33. The fourth-order valence-corrected chi connectivity index (χ4v) is 2.30. The van der Waals surface area contributed by atoms with Crippen LogP contribution >= 0.6 is 11.3 Å². The van der Waals surface area contributed by atoms with E-state index in [2.05, 4.69) is 15.0 Å². The predicted octanol–water partition coefficient (Wildman–Crippen LogP) is 2.43. The molecule has 0 amide bonds. The molecule has 6 heteroatoms. The molecule has 0 radical (unpaired) electrons. The minimum Gasteiger partial charge on any atom is -0.465 e. The van der Waals surface area contributed by atoms with Crippen molar-refractivity contribution in [3.63, 3.8) is 0 Å². The van der Waals surface area contributed by atoms with E-state index >= 15 is 0 Å². The van der Waals surface area contributed by atoms with E-state index in [0.29, 0.717) is 23.5 Å². The number of hydrogen-bond donors (Lipinski definition) is 2. The number of anilines is 2. The molecule has 0 aliphatic heterocycles. The summed E-state index contributed by atoms with van der Waals surface area (Å²) < 4.78 is 4.68. The van der Waals surface area contributed by atoms with Crippen molar-refractivity contribution in [3.05, 3.63) is 39.8 Å². The van der Waals surface area contributed by atoms with Gasteiger partial charge in [0.25, 0.3) is 0 Å². The number of nitrogens with one attached hydrogen (secondary N) is 1. The lowest BCUT2D eigenvalue weighted by molar-refractivity contribution is 0.0602. The van der Waals surface area contributed by atoms with Crippen LogP contribution in [0.5, 0.6) is 0 Å². The van der Waals surface area contributed by atoms with Crippen molar-refractivity contribution in [1.29, 1.82) is 0 Å².